The number of hydrogen-bond donors (Lipinski definition) is 1. The minimum Gasteiger partial charge on any atom is -0.366 e. The Labute approximate surface area is 132 Å². The van der Waals surface area contributed by atoms with Crippen LogP contribution < -0.4 is 5.32 Å². The molecule has 0 fully saturated rings. The highest BCUT2D eigenvalue weighted by Gasteiger charge is 2.07. The average Bonchev–Trinajstić information content (AvgIpc) is 2.54. The Kier molecular flexibility index (Phi) is 4.25. The average molecular weight is 315 g/mol. The molecule has 0 unspecified atom stereocenters. The van der Waals surface area contributed by atoms with Gasteiger partial charge < -0.3 is 5.32 Å². The first kappa shape index (κ1) is 14.4. The number of hydrogen-bond acceptors (Lipinski definition) is 4. The highest BCUT2D eigenvalue weighted by atomic mass is 35.5. The lowest BCUT2D eigenvalue weighted by Crippen LogP contribution is -2.04. The van der Waals surface area contributed by atoms with Crippen molar-refractivity contribution in [2.24, 2.45) is 0 Å². The third-order valence-electron chi connectivity index (χ3n) is 3.05. The van der Waals surface area contributed by atoms with Crippen LogP contribution in [0.25, 0.3) is 11.4 Å². The van der Waals surface area contributed by atoms with Gasteiger partial charge in [-0.25, -0.2) is 14.4 Å². The lowest BCUT2D eigenvalue weighted by Gasteiger charge is -2.08. The van der Waals surface area contributed by atoms with Crippen LogP contribution in [0.2, 0.25) is 5.15 Å². The van der Waals surface area contributed by atoms with Crippen molar-refractivity contribution in [2.75, 3.05) is 5.32 Å². The van der Waals surface area contributed by atoms with Gasteiger partial charge in [-0.2, -0.15) is 0 Å². The zero-order chi connectivity index (χ0) is 15.4. The second-order valence-corrected chi connectivity index (χ2v) is 4.97. The molecule has 0 aliphatic heterocycles. The Balaban J connectivity index is 1.83. The number of nitrogens with zero attached hydrogens (tertiary/aromatic N) is 3. The van der Waals surface area contributed by atoms with Gasteiger partial charge in [-0.15, -0.1) is 0 Å². The Hall–Kier alpha value is -2.53. The van der Waals surface area contributed by atoms with E-state index in [-0.39, 0.29) is 5.82 Å². The largest absolute Gasteiger partial charge is 0.366 e. The van der Waals surface area contributed by atoms with Gasteiger partial charge in [0, 0.05) is 36.1 Å². The summed E-state index contributed by atoms with van der Waals surface area (Å²) in [6.45, 7) is 0.315. The summed E-state index contributed by atoms with van der Waals surface area (Å²) in [4.78, 5) is 12.5. The number of rotatable bonds is 4. The van der Waals surface area contributed by atoms with E-state index in [9.17, 15) is 4.39 Å². The maximum Gasteiger partial charge on any atom is 0.163 e. The van der Waals surface area contributed by atoms with Crippen LogP contribution in [-0.2, 0) is 6.54 Å². The SMILES string of the molecule is Fc1ccccc1CNc1cc(Cl)nc(-c2ccncc2)n1. The zero-order valence-corrected chi connectivity index (χ0v) is 12.3. The van der Waals surface area contributed by atoms with Gasteiger partial charge in [-0.1, -0.05) is 29.8 Å². The van der Waals surface area contributed by atoms with E-state index >= 15 is 0 Å². The predicted molar refractivity (Wildman–Crippen MR) is 84.0 cm³/mol. The lowest BCUT2D eigenvalue weighted by molar-refractivity contribution is 0.613. The molecular weight excluding hydrogens is 303 g/mol. The molecule has 3 aromatic rings. The van der Waals surface area contributed by atoms with E-state index in [1.165, 1.54) is 6.07 Å². The van der Waals surface area contributed by atoms with Crippen LogP contribution in [0, 0.1) is 5.82 Å². The summed E-state index contributed by atoms with van der Waals surface area (Å²) in [7, 11) is 0. The van der Waals surface area contributed by atoms with Gasteiger partial charge in [0.15, 0.2) is 5.82 Å². The minimum absolute atomic E-state index is 0.260. The summed E-state index contributed by atoms with van der Waals surface area (Å²) in [5, 5.41) is 3.38. The van der Waals surface area contributed by atoms with E-state index in [2.05, 4.69) is 20.3 Å². The third-order valence-corrected chi connectivity index (χ3v) is 3.24. The van der Waals surface area contributed by atoms with Crippen molar-refractivity contribution in [3.05, 3.63) is 71.4 Å². The van der Waals surface area contributed by atoms with E-state index in [1.807, 2.05) is 0 Å². The number of anilines is 1. The standard InChI is InChI=1S/C16H12ClFN4/c17-14-9-15(20-10-12-3-1-2-4-13(12)18)22-16(21-14)11-5-7-19-8-6-11/h1-9H,10H2,(H,20,21,22). The molecule has 1 aromatic carbocycles. The van der Waals surface area contributed by atoms with Crippen LogP contribution in [0.15, 0.2) is 54.9 Å². The maximum absolute atomic E-state index is 13.6. The molecule has 0 saturated heterocycles. The quantitative estimate of drug-likeness (QED) is 0.741. The van der Waals surface area contributed by atoms with Crippen LogP contribution in [-0.4, -0.2) is 15.0 Å². The van der Waals surface area contributed by atoms with E-state index in [4.69, 9.17) is 11.6 Å². The Morgan fingerprint density at radius 3 is 2.59 bits per heavy atom. The fourth-order valence-corrected chi connectivity index (χ4v) is 2.15. The fourth-order valence-electron chi connectivity index (χ4n) is 1.97. The van der Waals surface area contributed by atoms with Crippen LogP contribution in [0.3, 0.4) is 0 Å². The van der Waals surface area contributed by atoms with Crippen LogP contribution in [0.5, 0.6) is 0 Å². The van der Waals surface area contributed by atoms with Gasteiger partial charge in [0.1, 0.15) is 16.8 Å². The fraction of sp³-hybridized carbons (Fsp3) is 0.0625. The van der Waals surface area contributed by atoms with Gasteiger partial charge in [0.2, 0.25) is 0 Å². The van der Waals surface area contributed by atoms with Gasteiger partial charge in [0.05, 0.1) is 0 Å². The van der Waals surface area contributed by atoms with Crippen molar-refractivity contribution in [1.29, 1.82) is 0 Å². The van der Waals surface area contributed by atoms with Crippen molar-refractivity contribution < 1.29 is 4.39 Å². The molecule has 4 nitrogen and oxygen atoms in total. The molecule has 2 aromatic heterocycles. The third kappa shape index (κ3) is 3.38. The van der Waals surface area contributed by atoms with Gasteiger partial charge >= 0.3 is 0 Å². The van der Waals surface area contributed by atoms with Crippen molar-refractivity contribution >= 4 is 17.4 Å². The minimum atomic E-state index is -0.260. The Morgan fingerprint density at radius 2 is 1.82 bits per heavy atom. The second kappa shape index (κ2) is 6.49. The molecule has 2 heterocycles. The number of nitrogens with one attached hydrogen (secondary N) is 1. The monoisotopic (exact) mass is 314 g/mol. The molecule has 110 valence electrons. The molecule has 0 saturated carbocycles. The molecule has 0 spiro atoms. The summed E-state index contributed by atoms with van der Waals surface area (Å²) in [5.41, 5.74) is 1.37. The number of pyridine rings is 1. The zero-order valence-electron chi connectivity index (χ0n) is 11.5. The molecule has 0 aliphatic rings. The second-order valence-electron chi connectivity index (χ2n) is 4.58. The number of aromatic nitrogens is 3. The predicted octanol–water partition coefficient (Wildman–Crippen LogP) is 3.94. The molecule has 0 aliphatic carbocycles. The van der Waals surface area contributed by atoms with Crippen LogP contribution >= 0.6 is 11.6 Å². The van der Waals surface area contributed by atoms with Gasteiger partial charge in [-0.05, 0) is 18.2 Å². The molecule has 6 heteroatoms. The number of halogens is 2. The molecule has 0 atom stereocenters. The van der Waals surface area contributed by atoms with Crippen molar-refractivity contribution in [1.82, 2.24) is 15.0 Å². The summed E-state index contributed by atoms with van der Waals surface area (Å²) in [5.74, 6) is 0.769. The molecule has 0 bridgehead atoms. The van der Waals surface area contributed by atoms with Crippen molar-refractivity contribution in [3.63, 3.8) is 0 Å². The molecular formula is C16H12ClFN4. The molecule has 0 amide bonds. The first-order valence-electron chi connectivity index (χ1n) is 6.64. The van der Waals surface area contributed by atoms with E-state index in [0.29, 0.717) is 28.9 Å². The first-order valence-corrected chi connectivity index (χ1v) is 7.02. The van der Waals surface area contributed by atoms with Gasteiger partial charge in [-0.3, -0.25) is 4.98 Å². The van der Waals surface area contributed by atoms with E-state index in [0.717, 1.165) is 5.56 Å². The molecule has 0 radical (unpaired) electrons. The van der Waals surface area contributed by atoms with E-state index in [1.54, 1.807) is 48.8 Å². The topological polar surface area (TPSA) is 50.7 Å². The number of benzene rings is 1. The first-order chi connectivity index (χ1) is 10.7. The summed E-state index contributed by atoms with van der Waals surface area (Å²) < 4.78 is 13.6. The van der Waals surface area contributed by atoms with Gasteiger partial charge in [0.25, 0.3) is 0 Å². The van der Waals surface area contributed by atoms with Crippen molar-refractivity contribution in [2.45, 2.75) is 6.54 Å². The molecule has 3 rings (SSSR count). The van der Waals surface area contributed by atoms with Crippen LogP contribution in [0.4, 0.5) is 10.2 Å². The normalized spacial score (nSPS) is 10.5. The van der Waals surface area contributed by atoms with Crippen molar-refractivity contribution in [3.8, 4) is 11.4 Å². The summed E-state index contributed by atoms with van der Waals surface area (Å²) >= 11 is 6.03. The maximum atomic E-state index is 13.6. The lowest BCUT2D eigenvalue weighted by atomic mass is 10.2. The van der Waals surface area contributed by atoms with E-state index < -0.39 is 0 Å². The molecule has 22 heavy (non-hydrogen) atoms. The smallest absolute Gasteiger partial charge is 0.163 e. The summed E-state index contributed by atoms with van der Waals surface area (Å²) in [6, 6.07) is 11.8. The Morgan fingerprint density at radius 1 is 1.05 bits per heavy atom. The Bertz CT molecular complexity index is 780. The highest BCUT2D eigenvalue weighted by molar-refractivity contribution is 6.29. The highest BCUT2D eigenvalue weighted by Crippen LogP contribution is 2.20. The van der Waals surface area contributed by atoms with Crippen LogP contribution in [0.1, 0.15) is 5.56 Å². The summed E-state index contributed by atoms with van der Waals surface area (Å²) in [6.07, 6.45) is 3.32. The molecule has 1 N–H and O–H groups in total.